The van der Waals surface area contributed by atoms with E-state index in [0.29, 0.717) is 12.0 Å². The highest BCUT2D eigenvalue weighted by Gasteiger charge is 2.35. The summed E-state index contributed by atoms with van der Waals surface area (Å²) < 4.78 is 12.1. The first-order valence-corrected chi connectivity index (χ1v) is 5.65. The van der Waals surface area contributed by atoms with Gasteiger partial charge in [0.15, 0.2) is 0 Å². The van der Waals surface area contributed by atoms with Crippen LogP contribution in [-0.2, 0) is 4.74 Å². The van der Waals surface area contributed by atoms with Gasteiger partial charge in [-0.1, -0.05) is 0 Å². The Balaban J connectivity index is 2.34. The molecule has 1 aliphatic rings. The second-order valence-electron chi connectivity index (χ2n) is 4.24. The van der Waals surface area contributed by atoms with Crippen molar-refractivity contribution < 1.29 is 19.7 Å². The Bertz CT molecular complexity index is 487. The lowest BCUT2D eigenvalue weighted by Gasteiger charge is -2.18. The second-order valence-corrected chi connectivity index (χ2v) is 4.24. The Morgan fingerprint density at radius 3 is 2.94 bits per heavy atom. The Morgan fingerprint density at radius 1 is 1.67 bits per heavy atom. The fourth-order valence-electron chi connectivity index (χ4n) is 1.96. The minimum Gasteiger partial charge on any atom is -0.468 e. The van der Waals surface area contributed by atoms with Crippen LogP contribution in [0.4, 0.5) is 0 Å². The van der Waals surface area contributed by atoms with Gasteiger partial charge >= 0.3 is 6.01 Å². The van der Waals surface area contributed by atoms with E-state index in [1.165, 1.54) is 7.11 Å². The van der Waals surface area contributed by atoms with Gasteiger partial charge in [0.2, 0.25) is 0 Å². The first kappa shape index (κ1) is 13.0. The zero-order chi connectivity index (χ0) is 13.3. The summed E-state index contributed by atoms with van der Waals surface area (Å²) in [5, 5.41) is 18.7. The Morgan fingerprint density at radius 2 is 2.39 bits per heavy atom. The molecule has 1 fully saturated rings. The number of aliphatic hydroxyl groups is 2. The van der Waals surface area contributed by atoms with Crippen LogP contribution in [0.25, 0.3) is 0 Å². The number of nitrogens with zero attached hydrogens (tertiary/aromatic N) is 2. The molecule has 0 amide bonds. The zero-order valence-electron chi connectivity index (χ0n) is 10.2. The van der Waals surface area contributed by atoms with E-state index >= 15 is 0 Å². The number of aliphatic hydroxyl groups excluding tert-OH is 2. The molecule has 0 unspecified atom stereocenters. The van der Waals surface area contributed by atoms with E-state index in [-0.39, 0.29) is 18.2 Å². The third-order valence-corrected chi connectivity index (χ3v) is 2.97. The van der Waals surface area contributed by atoms with Gasteiger partial charge in [0.25, 0.3) is 5.56 Å². The van der Waals surface area contributed by atoms with Crippen molar-refractivity contribution in [1.82, 2.24) is 9.55 Å². The van der Waals surface area contributed by atoms with Crippen LogP contribution in [0.1, 0.15) is 18.2 Å². The summed E-state index contributed by atoms with van der Waals surface area (Å²) in [4.78, 5) is 15.2. The molecule has 2 rings (SSSR count). The monoisotopic (exact) mass is 256 g/mol. The summed E-state index contributed by atoms with van der Waals surface area (Å²) >= 11 is 0. The Kier molecular flexibility index (Phi) is 3.65. The lowest BCUT2D eigenvalue weighted by Crippen LogP contribution is -2.24. The third-order valence-electron chi connectivity index (χ3n) is 2.97. The van der Waals surface area contributed by atoms with E-state index in [0.717, 1.165) is 0 Å². The predicted molar refractivity (Wildman–Crippen MR) is 61.4 cm³/mol. The highest BCUT2D eigenvalue weighted by molar-refractivity contribution is 5.09. The first-order valence-electron chi connectivity index (χ1n) is 5.65. The minimum absolute atomic E-state index is 0.126. The fourth-order valence-corrected chi connectivity index (χ4v) is 1.96. The summed E-state index contributed by atoms with van der Waals surface area (Å²) in [7, 11) is 1.41. The molecule has 0 aliphatic carbocycles. The molecule has 7 heteroatoms. The van der Waals surface area contributed by atoms with Gasteiger partial charge in [-0.3, -0.25) is 9.36 Å². The predicted octanol–water partition coefficient (Wildman–Crippen LogP) is -0.799. The van der Waals surface area contributed by atoms with Crippen molar-refractivity contribution >= 4 is 0 Å². The topological polar surface area (TPSA) is 93.8 Å². The smallest absolute Gasteiger partial charge is 0.301 e. The average Bonchev–Trinajstić information content (AvgIpc) is 2.73. The van der Waals surface area contributed by atoms with Crippen molar-refractivity contribution in [3.63, 3.8) is 0 Å². The molecule has 0 saturated carbocycles. The van der Waals surface area contributed by atoms with Crippen LogP contribution in [0.5, 0.6) is 6.01 Å². The summed E-state index contributed by atoms with van der Waals surface area (Å²) in [6, 6.07) is 0.126. The molecule has 7 nitrogen and oxygen atoms in total. The number of methoxy groups -OCH3 is 1. The summed E-state index contributed by atoms with van der Waals surface area (Å²) in [5.41, 5.74) is 0.0988. The van der Waals surface area contributed by atoms with E-state index in [1.807, 2.05) is 0 Å². The van der Waals surface area contributed by atoms with E-state index in [4.69, 9.17) is 14.6 Å². The molecule has 0 bridgehead atoms. The molecule has 0 aromatic carbocycles. The first-order chi connectivity index (χ1) is 8.56. The van der Waals surface area contributed by atoms with E-state index in [2.05, 4.69) is 4.98 Å². The third kappa shape index (κ3) is 2.24. The molecule has 0 spiro atoms. The molecule has 1 aromatic rings. The van der Waals surface area contributed by atoms with E-state index < -0.39 is 18.4 Å². The molecule has 0 radical (unpaired) electrons. The van der Waals surface area contributed by atoms with Gasteiger partial charge in [-0.15, -0.1) is 0 Å². The van der Waals surface area contributed by atoms with Crippen molar-refractivity contribution in [1.29, 1.82) is 0 Å². The van der Waals surface area contributed by atoms with Gasteiger partial charge in [-0.05, 0) is 6.92 Å². The average molecular weight is 256 g/mol. The van der Waals surface area contributed by atoms with Crippen LogP contribution < -0.4 is 10.3 Å². The number of aryl methyl sites for hydroxylation is 1. The zero-order valence-corrected chi connectivity index (χ0v) is 10.2. The van der Waals surface area contributed by atoms with Crippen LogP contribution in [-0.4, -0.2) is 45.7 Å². The second kappa shape index (κ2) is 5.05. The van der Waals surface area contributed by atoms with Crippen LogP contribution >= 0.6 is 0 Å². The largest absolute Gasteiger partial charge is 0.468 e. The Hall–Kier alpha value is -1.44. The molecule has 1 aliphatic heterocycles. The van der Waals surface area contributed by atoms with Gasteiger partial charge < -0.3 is 19.7 Å². The van der Waals surface area contributed by atoms with Gasteiger partial charge in [0.1, 0.15) is 12.3 Å². The molecule has 1 saturated heterocycles. The number of rotatable bonds is 3. The molecule has 2 heterocycles. The van der Waals surface area contributed by atoms with Gasteiger partial charge in [-0.2, -0.15) is 4.98 Å². The molecular formula is C11H16N2O5. The standard InChI is InChI=1S/C11H16N2O5/c1-6-4-13(11(17-2)12-10(6)16)9-3-7(15)8(5-14)18-9/h4,7-9,14-15H,3,5H2,1-2H3/t7-,8-,9-/m0/s1. The SMILES string of the molecule is COc1nc(=O)c(C)cn1[C@@H]1C[C@H](O)[C@H](CO)O1. The lowest BCUT2D eigenvalue weighted by molar-refractivity contribution is -0.0470. The molecular weight excluding hydrogens is 240 g/mol. The van der Waals surface area contributed by atoms with Crippen molar-refractivity contribution in [3.8, 4) is 6.01 Å². The van der Waals surface area contributed by atoms with Crippen molar-refractivity contribution in [2.45, 2.75) is 31.8 Å². The quantitative estimate of drug-likeness (QED) is 0.735. The van der Waals surface area contributed by atoms with Gasteiger partial charge in [0.05, 0.1) is 19.8 Å². The maximum Gasteiger partial charge on any atom is 0.301 e. The lowest BCUT2D eigenvalue weighted by atomic mass is 10.2. The molecule has 3 atom stereocenters. The Labute approximate surface area is 104 Å². The highest BCUT2D eigenvalue weighted by Crippen LogP contribution is 2.30. The number of aromatic nitrogens is 2. The molecule has 2 N–H and O–H groups in total. The van der Waals surface area contributed by atoms with E-state index in [9.17, 15) is 9.90 Å². The normalized spacial score (nSPS) is 27.4. The highest BCUT2D eigenvalue weighted by atomic mass is 16.5. The van der Waals surface area contributed by atoms with Gasteiger partial charge in [-0.25, -0.2) is 0 Å². The molecule has 18 heavy (non-hydrogen) atoms. The summed E-state index contributed by atoms with van der Waals surface area (Å²) in [5.74, 6) is 0. The van der Waals surface area contributed by atoms with E-state index in [1.54, 1.807) is 17.7 Å². The van der Waals surface area contributed by atoms with Crippen LogP contribution in [0.3, 0.4) is 0 Å². The van der Waals surface area contributed by atoms with Crippen LogP contribution in [0.2, 0.25) is 0 Å². The maximum atomic E-state index is 11.4. The molecule has 1 aromatic heterocycles. The van der Waals surface area contributed by atoms with Crippen molar-refractivity contribution in [2.24, 2.45) is 0 Å². The molecule has 100 valence electrons. The minimum atomic E-state index is -0.746. The van der Waals surface area contributed by atoms with Crippen LogP contribution in [0, 0.1) is 6.92 Å². The van der Waals surface area contributed by atoms with Crippen LogP contribution in [0.15, 0.2) is 11.0 Å². The van der Waals surface area contributed by atoms with Crippen molar-refractivity contribution in [2.75, 3.05) is 13.7 Å². The fraction of sp³-hybridized carbons (Fsp3) is 0.636. The van der Waals surface area contributed by atoms with Gasteiger partial charge in [0, 0.05) is 18.2 Å². The maximum absolute atomic E-state index is 11.4. The number of ether oxygens (including phenoxy) is 2. The summed E-state index contributed by atoms with van der Waals surface area (Å²) in [6.07, 6.45) is 0.0134. The summed E-state index contributed by atoms with van der Waals surface area (Å²) in [6.45, 7) is 1.38. The number of hydrogen-bond donors (Lipinski definition) is 2. The van der Waals surface area contributed by atoms with Crippen molar-refractivity contribution in [3.05, 3.63) is 22.1 Å². The number of hydrogen-bond acceptors (Lipinski definition) is 6.